The van der Waals surface area contributed by atoms with Gasteiger partial charge in [0.25, 0.3) is 0 Å². The predicted octanol–water partition coefficient (Wildman–Crippen LogP) is 4.12. The highest BCUT2D eigenvalue weighted by Crippen LogP contribution is 2.32. The Morgan fingerprint density at radius 1 is 1.08 bits per heavy atom. The lowest BCUT2D eigenvalue weighted by atomic mass is 9.87. The van der Waals surface area contributed by atoms with Crippen LogP contribution in [0.4, 0.5) is 0 Å². The van der Waals surface area contributed by atoms with E-state index in [4.69, 9.17) is 9.47 Å². The van der Waals surface area contributed by atoms with E-state index < -0.39 is 0 Å². The molecule has 1 aliphatic heterocycles. The molecule has 0 aliphatic carbocycles. The summed E-state index contributed by atoms with van der Waals surface area (Å²) in [4.78, 5) is 13.2. The molecule has 0 atom stereocenters. The van der Waals surface area contributed by atoms with E-state index in [2.05, 4.69) is 50.4 Å². The van der Waals surface area contributed by atoms with Crippen molar-refractivity contribution in [3.05, 3.63) is 53.6 Å². The van der Waals surface area contributed by atoms with Crippen LogP contribution in [-0.2, 0) is 16.8 Å². The molecule has 0 fully saturated rings. The zero-order valence-electron chi connectivity index (χ0n) is 14.8. The van der Waals surface area contributed by atoms with Gasteiger partial charge >= 0.3 is 0 Å². The Bertz CT molecular complexity index is 751. The molecule has 5 heteroatoms. The summed E-state index contributed by atoms with van der Waals surface area (Å²) in [5.74, 6) is 1.91. The minimum atomic E-state index is 0.0163. The van der Waals surface area contributed by atoms with Crippen LogP contribution in [0, 0.1) is 0 Å². The second kappa shape index (κ2) is 7.40. The number of ether oxygens (including phenoxy) is 2. The van der Waals surface area contributed by atoms with Crippen LogP contribution >= 0.6 is 11.8 Å². The number of hydrogen-bond acceptors (Lipinski definition) is 4. The fraction of sp³-hybridized carbons (Fsp3) is 0.350. The van der Waals surface area contributed by atoms with E-state index in [0.717, 1.165) is 22.0 Å². The molecule has 0 bridgehead atoms. The molecule has 0 saturated heterocycles. The Hall–Kier alpha value is -2.14. The molecule has 2 aromatic carbocycles. The van der Waals surface area contributed by atoms with Crippen LogP contribution in [-0.4, -0.2) is 18.5 Å². The number of carbonyl (C=O) groups excluding carboxylic acids is 1. The minimum absolute atomic E-state index is 0.0163. The van der Waals surface area contributed by atoms with Gasteiger partial charge in [0.2, 0.25) is 12.7 Å². The topological polar surface area (TPSA) is 47.6 Å². The van der Waals surface area contributed by atoms with Crippen molar-refractivity contribution < 1.29 is 14.3 Å². The number of thioether (sulfide) groups is 1. The molecule has 4 nitrogen and oxygen atoms in total. The van der Waals surface area contributed by atoms with E-state index in [1.165, 1.54) is 5.56 Å². The van der Waals surface area contributed by atoms with Crippen molar-refractivity contribution in [2.45, 2.75) is 37.6 Å². The highest BCUT2D eigenvalue weighted by Gasteiger charge is 2.14. The standard InChI is InChI=1S/C20H23NO3S/c1-20(2,3)15-5-7-16(8-6-15)25-12-19(22)21-11-14-4-9-17-18(10-14)24-13-23-17/h4-10H,11-13H2,1-3H3,(H,21,22). The number of amides is 1. The van der Waals surface area contributed by atoms with Gasteiger partial charge in [0.1, 0.15) is 0 Å². The molecule has 1 N–H and O–H groups in total. The summed E-state index contributed by atoms with van der Waals surface area (Å²) in [6, 6.07) is 14.1. The summed E-state index contributed by atoms with van der Waals surface area (Å²) in [6.45, 7) is 7.32. The van der Waals surface area contributed by atoms with Gasteiger partial charge in [0.05, 0.1) is 5.75 Å². The first-order chi connectivity index (χ1) is 11.9. The zero-order valence-corrected chi connectivity index (χ0v) is 15.6. The number of nitrogens with one attached hydrogen (secondary N) is 1. The van der Waals surface area contributed by atoms with Crippen LogP contribution in [0.2, 0.25) is 0 Å². The third kappa shape index (κ3) is 4.69. The fourth-order valence-electron chi connectivity index (χ4n) is 2.50. The first-order valence-corrected chi connectivity index (χ1v) is 9.29. The van der Waals surface area contributed by atoms with Crippen molar-refractivity contribution in [2.75, 3.05) is 12.5 Å². The molecule has 1 aliphatic rings. The lowest BCUT2D eigenvalue weighted by Gasteiger charge is -2.19. The molecule has 0 aromatic heterocycles. The van der Waals surface area contributed by atoms with Crippen LogP contribution in [0.25, 0.3) is 0 Å². The Balaban J connectivity index is 1.46. The maximum atomic E-state index is 12.1. The Labute approximate surface area is 152 Å². The van der Waals surface area contributed by atoms with Gasteiger partial charge in [-0.2, -0.15) is 0 Å². The maximum absolute atomic E-state index is 12.1. The van der Waals surface area contributed by atoms with E-state index in [1.807, 2.05) is 18.2 Å². The summed E-state index contributed by atoms with van der Waals surface area (Å²) in [5, 5.41) is 2.94. The van der Waals surface area contributed by atoms with Crippen LogP contribution in [0.3, 0.4) is 0 Å². The predicted molar refractivity (Wildman–Crippen MR) is 100 cm³/mol. The van der Waals surface area contributed by atoms with E-state index in [1.54, 1.807) is 11.8 Å². The van der Waals surface area contributed by atoms with Crippen LogP contribution in [0.15, 0.2) is 47.4 Å². The van der Waals surface area contributed by atoms with Crippen molar-refractivity contribution in [3.63, 3.8) is 0 Å². The fourth-order valence-corrected chi connectivity index (χ4v) is 3.23. The normalized spacial score (nSPS) is 12.9. The van der Waals surface area contributed by atoms with Crippen LogP contribution in [0.5, 0.6) is 11.5 Å². The van der Waals surface area contributed by atoms with Crippen LogP contribution < -0.4 is 14.8 Å². The molecule has 1 amide bonds. The lowest BCUT2D eigenvalue weighted by molar-refractivity contribution is -0.118. The summed E-state index contributed by atoms with van der Waals surface area (Å²) in [7, 11) is 0. The highest BCUT2D eigenvalue weighted by molar-refractivity contribution is 8.00. The van der Waals surface area contributed by atoms with E-state index in [0.29, 0.717) is 12.3 Å². The second-order valence-electron chi connectivity index (χ2n) is 7.03. The molecule has 0 saturated carbocycles. The zero-order chi connectivity index (χ0) is 17.9. The van der Waals surface area contributed by atoms with Crippen LogP contribution in [0.1, 0.15) is 31.9 Å². The van der Waals surface area contributed by atoms with Gasteiger partial charge in [0, 0.05) is 11.4 Å². The molecule has 0 spiro atoms. The van der Waals surface area contributed by atoms with Gasteiger partial charge in [-0.3, -0.25) is 4.79 Å². The van der Waals surface area contributed by atoms with Crippen molar-refractivity contribution in [1.29, 1.82) is 0 Å². The SMILES string of the molecule is CC(C)(C)c1ccc(SCC(=O)NCc2ccc3c(c2)OCO3)cc1. The van der Waals surface area contributed by atoms with E-state index >= 15 is 0 Å². The third-order valence-corrected chi connectivity index (χ3v) is 5.03. The molecular weight excluding hydrogens is 334 g/mol. The number of carbonyl (C=O) groups is 1. The minimum Gasteiger partial charge on any atom is -0.454 e. The van der Waals surface area contributed by atoms with E-state index in [-0.39, 0.29) is 18.1 Å². The summed E-state index contributed by atoms with van der Waals surface area (Å²) in [6.07, 6.45) is 0. The quantitative estimate of drug-likeness (QED) is 0.818. The molecule has 0 unspecified atom stereocenters. The van der Waals surface area contributed by atoms with Gasteiger partial charge in [-0.25, -0.2) is 0 Å². The average molecular weight is 357 g/mol. The summed E-state index contributed by atoms with van der Waals surface area (Å²) in [5.41, 5.74) is 2.44. The molecule has 0 radical (unpaired) electrons. The Morgan fingerprint density at radius 2 is 1.80 bits per heavy atom. The molecule has 25 heavy (non-hydrogen) atoms. The second-order valence-corrected chi connectivity index (χ2v) is 8.08. The number of hydrogen-bond donors (Lipinski definition) is 1. The summed E-state index contributed by atoms with van der Waals surface area (Å²) < 4.78 is 10.6. The highest BCUT2D eigenvalue weighted by atomic mass is 32.2. The lowest BCUT2D eigenvalue weighted by Crippen LogP contribution is -2.24. The van der Waals surface area contributed by atoms with E-state index in [9.17, 15) is 4.79 Å². The maximum Gasteiger partial charge on any atom is 0.231 e. The first-order valence-electron chi connectivity index (χ1n) is 8.30. The average Bonchev–Trinajstić information content (AvgIpc) is 3.05. The molecule has 2 aromatic rings. The van der Waals surface area contributed by atoms with Gasteiger partial charge in [-0.1, -0.05) is 39.0 Å². The Morgan fingerprint density at radius 3 is 2.52 bits per heavy atom. The monoisotopic (exact) mass is 357 g/mol. The Kier molecular flexibility index (Phi) is 5.23. The van der Waals surface area contributed by atoms with Gasteiger partial charge < -0.3 is 14.8 Å². The van der Waals surface area contributed by atoms with Crippen molar-refractivity contribution in [3.8, 4) is 11.5 Å². The van der Waals surface area contributed by atoms with Crippen molar-refractivity contribution in [1.82, 2.24) is 5.32 Å². The molecule has 1 heterocycles. The number of benzene rings is 2. The van der Waals surface area contributed by atoms with Gasteiger partial charge in [-0.15, -0.1) is 11.8 Å². The molecule has 3 rings (SSSR count). The summed E-state index contributed by atoms with van der Waals surface area (Å²) >= 11 is 1.55. The molecule has 132 valence electrons. The third-order valence-electron chi connectivity index (χ3n) is 4.02. The van der Waals surface area contributed by atoms with Gasteiger partial charge in [-0.05, 0) is 40.8 Å². The smallest absolute Gasteiger partial charge is 0.231 e. The number of fused-ring (bicyclic) bond motifs is 1. The van der Waals surface area contributed by atoms with Gasteiger partial charge in [0.15, 0.2) is 11.5 Å². The first kappa shape index (κ1) is 17.7. The van der Waals surface area contributed by atoms with Crippen molar-refractivity contribution >= 4 is 17.7 Å². The van der Waals surface area contributed by atoms with Crippen molar-refractivity contribution in [2.24, 2.45) is 0 Å². The number of rotatable bonds is 5. The largest absolute Gasteiger partial charge is 0.454 e. The molecular formula is C20H23NO3S.